The van der Waals surface area contributed by atoms with Gasteiger partial charge in [0, 0.05) is 44.1 Å². The highest BCUT2D eigenvalue weighted by molar-refractivity contribution is 5.33. The second kappa shape index (κ2) is 5.54. The Morgan fingerprint density at radius 3 is 3.00 bits per heavy atom. The lowest BCUT2D eigenvalue weighted by atomic mass is 10.2. The molecule has 1 saturated heterocycles. The summed E-state index contributed by atoms with van der Waals surface area (Å²) in [5.41, 5.74) is 5.78. The molecule has 0 radical (unpaired) electrons. The van der Waals surface area contributed by atoms with Crippen molar-refractivity contribution >= 4 is 5.69 Å². The van der Waals surface area contributed by atoms with Gasteiger partial charge in [0.1, 0.15) is 0 Å². The number of ether oxygens (including phenoxy) is 1. The van der Waals surface area contributed by atoms with Crippen LogP contribution in [0.4, 0.5) is 5.69 Å². The summed E-state index contributed by atoms with van der Waals surface area (Å²) >= 11 is 0. The van der Waals surface area contributed by atoms with Gasteiger partial charge in [0.05, 0.1) is 18.4 Å². The van der Waals surface area contributed by atoms with Gasteiger partial charge in [-0.2, -0.15) is 0 Å². The fourth-order valence-corrected chi connectivity index (χ4v) is 2.22. The lowest BCUT2D eigenvalue weighted by Gasteiger charge is -2.35. The Bertz CT molecular complexity index is 456. The molecule has 5 heteroatoms. The SMILES string of the molecule is CC(C)N1CCOC(Cn2ccc(=O)c(N)c2)C1. The molecule has 0 aliphatic carbocycles. The Kier molecular flexibility index (Phi) is 4.04. The van der Waals surface area contributed by atoms with E-state index < -0.39 is 0 Å². The minimum Gasteiger partial charge on any atom is -0.394 e. The molecule has 2 N–H and O–H groups in total. The first-order chi connectivity index (χ1) is 8.56. The summed E-state index contributed by atoms with van der Waals surface area (Å²) in [6.45, 7) is 7.79. The molecule has 1 aliphatic rings. The Morgan fingerprint density at radius 1 is 1.56 bits per heavy atom. The molecule has 1 atom stereocenters. The normalized spacial score (nSPS) is 21.4. The highest BCUT2D eigenvalue weighted by Crippen LogP contribution is 2.10. The minimum atomic E-state index is -0.125. The van der Waals surface area contributed by atoms with E-state index in [2.05, 4.69) is 18.7 Å². The second-order valence-corrected chi connectivity index (χ2v) is 5.04. The Balaban J connectivity index is 2.00. The number of rotatable bonds is 3. The van der Waals surface area contributed by atoms with E-state index in [1.807, 2.05) is 4.57 Å². The molecule has 1 aromatic rings. The molecule has 0 spiro atoms. The third kappa shape index (κ3) is 3.11. The zero-order valence-electron chi connectivity index (χ0n) is 11.0. The fourth-order valence-electron chi connectivity index (χ4n) is 2.22. The number of nitrogens with two attached hydrogens (primary N) is 1. The van der Waals surface area contributed by atoms with Gasteiger partial charge in [0.25, 0.3) is 0 Å². The van der Waals surface area contributed by atoms with Crippen molar-refractivity contribution in [2.24, 2.45) is 0 Å². The van der Waals surface area contributed by atoms with Gasteiger partial charge in [-0.3, -0.25) is 9.69 Å². The lowest BCUT2D eigenvalue weighted by molar-refractivity contribution is -0.0456. The third-order valence-electron chi connectivity index (χ3n) is 3.32. The zero-order chi connectivity index (χ0) is 13.1. The van der Waals surface area contributed by atoms with Gasteiger partial charge in [-0.25, -0.2) is 0 Å². The number of nitrogen functional groups attached to an aromatic ring is 1. The highest BCUT2D eigenvalue weighted by Gasteiger charge is 2.22. The molecule has 18 heavy (non-hydrogen) atoms. The maximum atomic E-state index is 11.2. The summed E-state index contributed by atoms with van der Waals surface area (Å²) in [5, 5.41) is 0. The van der Waals surface area contributed by atoms with E-state index in [9.17, 15) is 4.79 Å². The monoisotopic (exact) mass is 251 g/mol. The van der Waals surface area contributed by atoms with Gasteiger partial charge in [-0.1, -0.05) is 0 Å². The van der Waals surface area contributed by atoms with Crippen molar-refractivity contribution < 1.29 is 4.74 Å². The van der Waals surface area contributed by atoms with E-state index in [4.69, 9.17) is 10.5 Å². The molecule has 0 aromatic carbocycles. The number of hydrogen-bond donors (Lipinski definition) is 1. The molecule has 1 fully saturated rings. The first-order valence-corrected chi connectivity index (χ1v) is 6.37. The van der Waals surface area contributed by atoms with Gasteiger partial charge in [0.15, 0.2) is 0 Å². The molecule has 100 valence electrons. The van der Waals surface area contributed by atoms with Crippen molar-refractivity contribution in [3.63, 3.8) is 0 Å². The zero-order valence-corrected chi connectivity index (χ0v) is 11.0. The van der Waals surface area contributed by atoms with Crippen LogP contribution in [0.15, 0.2) is 23.3 Å². The Morgan fingerprint density at radius 2 is 2.33 bits per heavy atom. The number of aromatic nitrogens is 1. The van der Waals surface area contributed by atoms with Crippen LogP contribution in [0.1, 0.15) is 13.8 Å². The predicted octanol–water partition coefficient (Wildman–Crippen LogP) is 0.540. The van der Waals surface area contributed by atoms with Crippen LogP contribution in [0.5, 0.6) is 0 Å². The molecule has 0 amide bonds. The van der Waals surface area contributed by atoms with E-state index in [0.29, 0.717) is 6.04 Å². The molecule has 0 saturated carbocycles. The van der Waals surface area contributed by atoms with E-state index in [0.717, 1.165) is 26.2 Å². The predicted molar refractivity (Wildman–Crippen MR) is 71.6 cm³/mol. The number of anilines is 1. The molecule has 1 unspecified atom stereocenters. The van der Waals surface area contributed by atoms with Crippen molar-refractivity contribution in [1.82, 2.24) is 9.47 Å². The summed E-state index contributed by atoms with van der Waals surface area (Å²) in [7, 11) is 0. The Hall–Kier alpha value is -1.33. The van der Waals surface area contributed by atoms with Gasteiger partial charge < -0.3 is 15.0 Å². The van der Waals surface area contributed by atoms with E-state index in [1.165, 1.54) is 6.07 Å². The molecule has 1 aromatic heterocycles. The Labute approximate surface area is 107 Å². The molecule has 2 heterocycles. The van der Waals surface area contributed by atoms with Crippen LogP contribution in [0.2, 0.25) is 0 Å². The first-order valence-electron chi connectivity index (χ1n) is 6.37. The van der Waals surface area contributed by atoms with Crippen LogP contribution in [0, 0.1) is 0 Å². The summed E-state index contributed by atoms with van der Waals surface area (Å²) in [4.78, 5) is 13.6. The average molecular weight is 251 g/mol. The number of hydrogen-bond acceptors (Lipinski definition) is 4. The van der Waals surface area contributed by atoms with Crippen molar-refractivity contribution in [2.75, 3.05) is 25.4 Å². The summed E-state index contributed by atoms with van der Waals surface area (Å²) in [6, 6.07) is 2.04. The van der Waals surface area contributed by atoms with Gasteiger partial charge >= 0.3 is 0 Å². The summed E-state index contributed by atoms with van der Waals surface area (Å²) < 4.78 is 7.67. The topological polar surface area (TPSA) is 60.5 Å². The molecule has 5 nitrogen and oxygen atoms in total. The lowest BCUT2D eigenvalue weighted by Crippen LogP contribution is -2.47. The molecular weight excluding hydrogens is 230 g/mol. The maximum absolute atomic E-state index is 11.2. The van der Waals surface area contributed by atoms with Crippen molar-refractivity contribution in [2.45, 2.75) is 32.5 Å². The minimum absolute atomic E-state index is 0.125. The van der Waals surface area contributed by atoms with Gasteiger partial charge in [-0.15, -0.1) is 0 Å². The van der Waals surface area contributed by atoms with E-state index in [-0.39, 0.29) is 17.2 Å². The smallest absolute Gasteiger partial charge is 0.204 e. The molecular formula is C13H21N3O2. The number of nitrogens with zero attached hydrogens (tertiary/aromatic N) is 2. The van der Waals surface area contributed by atoms with E-state index in [1.54, 1.807) is 12.4 Å². The van der Waals surface area contributed by atoms with Crippen LogP contribution in [-0.4, -0.2) is 41.3 Å². The molecule has 0 bridgehead atoms. The number of morpholine rings is 1. The fraction of sp³-hybridized carbons (Fsp3) is 0.615. The highest BCUT2D eigenvalue weighted by atomic mass is 16.5. The largest absolute Gasteiger partial charge is 0.394 e. The van der Waals surface area contributed by atoms with Gasteiger partial charge in [0.2, 0.25) is 5.43 Å². The maximum Gasteiger partial charge on any atom is 0.204 e. The van der Waals surface area contributed by atoms with Crippen molar-refractivity contribution in [3.8, 4) is 0 Å². The van der Waals surface area contributed by atoms with Crippen molar-refractivity contribution in [1.29, 1.82) is 0 Å². The molecule has 1 aliphatic heterocycles. The van der Waals surface area contributed by atoms with Crippen LogP contribution in [0.3, 0.4) is 0 Å². The number of pyridine rings is 1. The average Bonchev–Trinajstić information content (AvgIpc) is 2.34. The van der Waals surface area contributed by atoms with Crippen LogP contribution in [0.25, 0.3) is 0 Å². The first kappa shape index (κ1) is 13.1. The van der Waals surface area contributed by atoms with Crippen LogP contribution in [-0.2, 0) is 11.3 Å². The van der Waals surface area contributed by atoms with E-state index >= 15 is 0 Å². The van der Waals surface area contributed by atoms with Gasteiger partial charge in [-0.05, 0) is 13.8 Å². The third-order valence-corrected chi connectivity index (χ3v) is 3.32. The quantitative estimate of drug-likeness (QED) is 0.852. The van der Waals surface area contributed by atoms with Crippen LogP contribution < -0.4 is 11.2 Å². The standard InChI is InChI=1S/C13H21N3O2/c1-10(2)16-5-6-18-11(8-16)7-15-4-3-13(17)12(14)9-15/h3-4,9-11H,5-8,14H2,1-2H3. The van der Waals surface area contributed by atoms with Crippen LogP contribution >= 0.6 is 0 Å². The second-order valence-electron chi connectivity index (χ2n) is 5.04. The summed E-state index contributed by atoms with van der Waals surface area (Å²) in [5.74, 6) is 0. The summed E-state index contributed by atoms with van der Waals surface area (Å²) in [6.07, 6.45) is 3.60. The van der Waals surface area contributed by atoms with Crippen molar-refractivity contribution in [3.05, 3.63) is 28.7 Å². The molecule has 2 rings (SSSR count).